The molecule has 2 heterocycles. The van der Waals surface area contributed by atoms with Gasteiger partial charge < -0.3 is 9.80 Å². The number of rotatable bonds is 4. The Kier molecular flexibility index (Phi) is 6.63. The molecule has 0 bridgehead atoms. The molecular weight excluding hydrogens is 421 g/mol. The third kappa shape index (κ3) is 4.89. The van der Waals surface area contributed by atoms with Crippen molar-refractivity contribution < 1.29 is 26.4 Å². The fourth-order valence-corrected chi connectivity index (χ4v) is 5.10. The molecule has 0 spiro atoms. The largest absolute Gasteiger partial charge is 0.416 e. The standard InChI is InChI=1S/C19H27F3N4O3S/c1-23(2)30(28,29)26-8-4-5-15(14-26)18(27)25-11-9-24(10-12-25)17-7-3-6-16(13-17)19(20,21)22/h3,6-7,13,15H,4-5,8-12,14H2,1-2H3. The van der Waals surface area contributed by atoms with Crippen LogP contribution in [0.3, 0.4) is 0 Å². The summed E-state index contributed by atoms with van der Waals surface area (Å²) in [6.45, 7) is 2.21. The quantitative estimate of drug-likeness (QED) is 0.706. The summed E-state index contributed by atoms with van der Waals surface area (Å²) in [4.78, 5) is 16.5. The number of piperidine rings is 1. The first-order valence-corrected chi connectivity index (χ1v) is 11.3. The van der Waals surface area contributed by atoms with Crippen molar-refractivity contribution in [2.75, 3.05) is 58.3 Å². The Morgan fingerprint density at radius 1 is 1.10 bits per heavy atom. The molecule has 7 nitrogen and oxygen atoms in total. The summed E-state index contributed by atoms with van der Waals surface area (Å²) in [6.07, 6.45) is -3.15. The van der Waals surface area contributed by atoms with E-state index >= 15 is 0 Å². The van der Waals surface area contributed by atoms with Gasteiger partial charge in [0.05, 0.1) is 11.5 Å². The molecule has 168 valence electrons. The molecule has 0 radical (unpaired) electrons. The Balaban J connectivity index is 1.60. The second-order valence-electron chi connectivity index (χ2n) is 7.85. The Bertz CT molecular complexity index is 868. The number of carbonyl (C=O) groups excluding carboxylic acids is 1. The molecule has 1 atom stereocenters. The SMILES string of the molecule is CN(C)S(=O)(=O)N1CCCC(C(=O)N2CCN(c3cccc(C(F)(F)F)c3)CC2)C1. The van der Waals surface area contributed by atoms with Gasteiger partial charge in [-0.3, -0.25) is 4.79 Å². The average molecular weight is 449 g/mol. The number of nitrogens with zero attached hydrogens (tertiary/aromatic N) is 4. The van der Waals surface area contributed by atoms with Crippen molar-refractivity contribution in [1.82, 2.24) is 13.5 Å². The smallest absolute Gasteiger partial charge is 0.368 e. The van der Waals surface area contributed by atoms with E-state index in [1.165, 1.54) is 24.5 Å². The Morgan fingerprint density at radius 2 is 1.77 bits per heavy atom. The van der Waals surface area contributed by atoms with Crippen LogP contribution in [0.1, 0.15) is 18.4 Å². The number of alkyl halides is 3. The minimum Gasteiger partial charge on any atom is -0.368 e. The average Bonchev–Trinajstić information content (AvgIpc) is 2.73. The van der Waals surface area contributed by atoms with Gasteiger partial charge in [-0.2, -0.15) is 30.2 Å². The zero-order valence-electron chi connectivity index (χ0n) is 17.1. The van der Waals surface area contributed by atoms with Crippen LogP contribution in [0.4, 0.5) is 18.9 Å². The number of piperazine rings is 1. The summed E-state index contributed by atoms with van der Waals surface area (Å²) < 4.78 is 66.1. The van der Waals surface area contributed by atoms with Crippen LogP contribution < -0.4 is 4.90 Å². The summed E-state index contributed by atoms with van der Waals surface area (Å²) in [7, 11) is -0.630. The van der Waals surface area contributed by atoms with Crippen LogP contribution in [0.2, 0.25) is 0 Å². The monoisotopic (exact) mass is 448 g/mol. The number of hydrogen-bond acceptors (Lipinski definition) is 4. The van der Waals surface area contributed by atoms with E-state index in [1.807, 2.05) is 4.90 Å². The van der Waals surface area contributed by atoms with Gasteiger partial charge in [0.25, 0.3) is 10.2 Å². The number of anilines is 1. The summed E-state index contributed by atoms with van der Waals surface area (Å²) >= 11 is 0. The molecule has 0 aliphatic carbocycles. The van der Waals surface area contributed by atoms with E-state index in [-0.39, 0.29) is 12.5 Å². The van der Waals surface area contributed by atoms with E-state index in [0.717, 1.165) is 16.4 Å². The zero-order chi connectivity index (χ0) is 22.1. The third-order valence-corrected chi connectivity index (χ3v) is 7.56. The van der Waals surface area contributed by atoms with E-state index < -0.39 is 27.9 Å². The zero-order valence-corrected chi connectivity index (χ0v) is 17.9. The lowest BCUT2D eigenvalue weighted by atomic mass is 9.97. The number of carbonyl (C=O) groups is 1. The van der Waals surface area contributed by atoms with E-state index in [1.54, 1.807) is 11.0 Å². The van der Waals surface area contributed by atoms with Gasteiger partial charge in [0.2, 0.25) is 5.91 Å². The molecule has 1 aromatic carbocycles. The van der Waals surface area contributed by atoms with Gasteiger partial charge in [0.15, 0.2) is 0 Å². The second kappa shape index (κ2) is 8.72. The van der Waals surface area contributed by atoms with Crippen molar-refractivity contribution >= 4 is 21.8 Å². The van der Waals surface area contributed by atoms with Crippen LogP contribution in [-0.4, -0.2) is 81.2 Å². The molecule has 1 unspecified atom stereocenters. The molecule has 30 heavy (non-hydrogen) atoms. The van der Waals surface area contributed by atoms with Crippen molar-refractivity contribution in [3.05, 3.63) is 29.8 Å². The van der Waals surface area contributed by atoms with Gasteiger partial charge in [-0.15, -0.1) is 0 Å². The maximum atomic E-state index is 13.0. The van der Waals surface area contributed by atoms with Crippen molar-refractivity contribution in [3.8, 4) is 0 Å². The topological polar surface area (TPSA) is 64.2 Å². The van der Waals surface area contributed by atoms with E-state index in [0.29, 0.717) is 51.3 Å². The van der Waals surface area contributed by atoms with Gasteiger partial charge >= 0.3 is 6.18 Å². The van der Waals surface area contributed by atoms with Crippen LogP contribution in [0.5, 0.6) is 0 Å². The van der Waals surface area contributed by atoms with Crippen LogP contribution >= 0.6 is 0 Å². The fraction of sp³-hybridized carbons (Fsp3) is 0.632. The van der Waals surface area contributed by atoms with Gasteiger partial charge in [-0.1, -0.05) is 6.07 Å². The minimum absolute atomic E-state index is 0.0858. The lowest BCUT2D eigenvalue weighted by Crippen LogP contribution is -2.54. The van der Waals surface area contributed by atoms with E-state index in [9.17, 15) is 26.4 Å². The molecule has 2 fully saturated rings. The highest BCUT2D eigenvalue weighted by Gasteiger charge is 2.36. The maximum Gasteiger partial charge on any atom is 0.416 e. The molecule has 11 heteroatoms. The molecule has 0 saturated carbocycles. The van der Waals surface area contributed by atoms with Gasteiger partial charge in [-0.05, 0) is 31.0 Å². The van der Waals surface area contributed by atoms with Crippen LogP contribution in [0.25, 0.3) is 0 Å². The van der Waals surface area contributed by atoms with E-state index in [2.05, 4.69) is 0 Å². The summed E-state index contributed by atoms with van der Waals surface area (Å²) in [6, 6.07) is 5.19. The molecular formula is C19H27F3N4O3S. The first-order valence-electron chi connectivity index (χ1n) is 9.89. The molecule has 1 amide bonds. The predicted molar refractivity (Wildman–Crippen MR) is 107 cm³/mol. The van der Waals surface area contributed by atoms with Crippen molar-refractivity contribution in [2.45, 2.75) is 19.0 Å². The first-order chi connectivity index (χ1) is 14.0. The fourth-order valence-electron chi connectivity index (χ4n) is 3.91. The highest BCUT2D eigenvalue weighted by Crippen LogP contribution is 2.32. The molecule has 2 aliphatic rings. The Labute approximate surface area is 175 Å². The minimum atomic E-state index is -4.40. The lowest BCUT2D eigenvalue weighted by molar-refractivity contribution is -0.137. The first kappa shape index (κ1) is 22.8. The summed E-state index contributed by atoms with van der Waals surface area (Å²) in [5, 5.41) is 0. The molecule has 2 aliphatic heterocycles. The number of hydrogen-bond donors (Lipinski definition) is 0. The van der Waals surface area contributed by atoms with Crippen LogP contribution in [-0.2, 0) is 21.2 Å². The van der Waals surface area contributed by atoms with Gasteiger partial charge in [-0.25, -0.2) is 0 Å². The summed E-state index contributed by atoms with van der Waals surface area (Å²) in [5.74, 6) is -0.481. The molecule has 2 saturated heterocycles. The highest BCUT2D eigenvalue weighted by molar-refractivity contribution is 7.86. The number of benzene rings is 1. The predicted octanol–water partition coefficient (Wildman–Crippen LogP) is 1.87. The van der Waals surface area contributed by atoms with Crippen molar-refractivity contribution in [2.24, 2.45) is 5.92 Å². The van der Waals surface area contributed by atoms with Gasteiger partial charge in [0, 0.05) is 59.1 Å². The molecule has 0 N–H and O–H groups in total. The molecule has 0 aromatic heterocycles. The Hall–Kier alpha value is -1.85. The van der Waals surface area contributed by atoms with Crippen LogP contribution in [0, 0.1) is 5.92 Å². The molecule has 1 aromatic rings. The highest BCUT2D eigenvalue weighted by atomic mass is 32.2. The molecule has 3 rings (SSSR count). The van der Waals surface area contributed by atoms with E-state index in [4.69, 9.17) is 0 Å². The van der Waals surface area contributed by atoms with Crippen LogP contribution in [0.15, 0.2) is 24.3 Å². The number of amides is 1. The normalized spacial score (nSPS) is 21.9. The third-order valence-electron chi connectivity index (χ3n) is 5.65. The van der Waals surface area contributed by atoms with Gasteiger partial charge in [0.1, 0.15) is 0 Å². The second-order valence-corrected chi connectivity index (χ2v) is 9.99. The number of halogens is 3. The lowest BCUT2D eigenvalue weighted by Gasteiger charge is -2.39. The summed E-state index contributed by atoms with van der Waals surface area (Å²) in [5.41, 5.74) is -0.208. The maximum absolute atomic E-state index is 13.0. The van der Waals surface area contributed by atoms with Crippen molar-refractivity contribution in [1.29, 1.82) is 0 Å². The Morgan fingerprint density at radius 3 is 2.37 bits per heavy atom. The van der Waals surface area contributed by atoms with Crippen molar-refractivity contribution in [3.63, 3.8) is 0 Å².